The minimum absolute atomic E-state index is 0.0929. The van der Waals surface area contributed by atoms with Crippen LogP contribution in [0.1, 0.15) is 18.7 Å². The summed E-state index contributed by atoms with van der Waals surface area (Å²) in [7, 11) is 0. The lowest BCUT2D eigenvalue weighted by Gasteiger charge is -2.09. The predicted molar refractivity (Wildman–Crippen MR) is 59.2 cm³/mol. The molecular formula is C9H14BrN3O2. The van der Waals surface area contributed by atoms with E-state index in [1.165, 1.54) is 4.68 Å². The molecule has 0 aromatic carbocycles. The number of hydrogen-bond acceptors (Lipinski definition) is 3. The summed E-state index contributed by atoms with van der Waals surface area (Å²) in [6.07, 6.45) is 2.45. The lowest BCUT2D eigenvalue weighted by Crippen LogP contribution is -2.30. The normalized spacial score (nSPS) is 17.5. The van der Waals surface area contributed by atoms with E-state index in [0.717, 1.165) is 31.6 Å². The van der Waals surface area contributed by atoms with Crippen LogP contribution in [0.2, 0.25) is 0 Å². The van der Waals surface area contributed by atoms with Gasteiger partial charge in [0.2, 0.25) is 0 Å². The molecule has 0 bridgehead atoms. The van der Waals surface area contributed by atoms with Crippen LogP contribution in [0, 0.1) is 0 Å². The fourth-order valence-electron chi connectivity index (χ4n) is 1.82. The van der Waals surface area contributed by atoms with Crippen molar-refractivity contribution in [1.82, 2.24) is 14.3 Å². The van der Waals surface area contributed by atoms with Gasteiger partial charge in [-0.25, -0.2) is 9.48 Å². The van der Waals surface area contributed by atoms with Crippen molar-refractivity contribution in [1.29, 1.82) is 0 Å². The SMILES string of the molecule is O=c1n(CC(O)CBr)nc2n1CCCC2. The summed E-state index contributed by atoms with van der Waals surface area (Å²) in [4.78, 5) is 11.8. The molecule has 0 spiro atoms. The summed E-state index contributed by atoms with van der Waals surface area (Å²) in [6.45, 7) is 1.03. The van der Waals surface area contributed by atoms with Crippen molar-refractivity contribution in [3.8, 4) is 0 Å². The first-order chi connectivity index (χ1) is 7.22. The average molecular weight is 276 g/mol. The monoisotopic (exact) mass is 275 g/mol. The molecule has 0 amide bonds. The second-order valence-corrected chi connectivity index (χ2v) is 4.45. The number of aromatic nitrogens is 3. The highest BCUT2D eigenvalue weighted by atomic mass is 79.9. The van der Waals surface area contributed by atoms with Crippen LogP contribution in [0.5, 0.6) is 0 Å². The second kappa shape index (κ2) is 4.49. The quantitative estimate of drug-likeness (QED) is 0.799. The largest absolute Gasteiger partial charge is 0.390 e. The van der Waals surface area contributed by atoms with Crippen molar-refractivity contribution < 1.29 is 5.11 Å². The molecule has 0 fully saturated rings. The third-order valence-electron chi connectivity index (χ3n) is 2.59. The van der Waals surface area contributed by atoms with E-state index in [1.54, 1.807) is 4.57 Å². The molecule has 0 aliphatic carbocycles. The Labute approximate surface area is 95.8 Å². The zero-order valence-electron chi connectivity index (χ0n) is 8.40. The Morgan fingerprint density at radius 1 is 1.53 bits per heavy atom. The van der Waals surface area contributed by atoms with Crippen LogP contribution in [-0.4, -0.2) is 30.9 Å². The summed E-state index contributed by atoms with van der Waals surface area (Å²) in [5, 5.41) is 14.1. The van der Waals surface area contributed by atoms with Crippen LogP contribution in [0.25, 0.3) is 0 Å². The zero-order chi connectivity index (χ0) is 10.8. The summed E-state index contributed by atoms with van der Waals surface area (Å²) < 4.78 is 3.08. The molecule has 84 valence electrons. The molecular weight excluding hydrogens is 262 g/mol. The molecule has 6 heteroatoms. The summed E-state index contributed by atoms with van der Waals surface area (Å²) in [5.41, 5.74) is -0.0929. The molecule has 1 aliphatic heterocycles. The van der Waals surface area contributed by atoms with E-state index in [-0.39, 0.29) is 12.2 Å². The number of rotatable bonds is 3. The van der Waals surface area contributed by atoms with Crippen molar-refractivity contribution in [3.05, 3.63) is 16.3 Å². The van der Waals surface area contributed by atoms with Crippen LogP contribution >= 0.6 is 15.9 Å². The van der Waals surface area contributed by atoms with Gasteiger partial charge in [0, 0.05) is 18.3 Å². The minimum Gasteiger partial charge on any atom is -0.390 e. The lowest BCUT2D eigenvalue weighted by molar-refractivity contribution is 0.172. The Balaban J connectivity index is 2.25. The zero-order valence-corrected chi connectivity index (χ0v) is 9.98. The Morgan fingerprint density at radius 2 is 2.33 bits per heavy atom. The van der Waals surface area contributed by atoms with Gasteiger partial charge in [0.25, 0.3) is 0 Å². The highest BCUT2D eigenvalue weighted by Gasteiger charge is 2.17. The number of aryl methyl sites for hydroxylation is 1. The number of aliphatic hydroxyl groups excluding tert-OH is 1. The highest BCUT2D eigenvalue weighted by molar-refractivity contribution is 9.09. The molecule has 1 aromatic rings. The van der Waals surface area contributed by atoms with Gasteiger partial charge in [0.05, 0.1) is 12.6 Å². The molecule has 15 heavy (non-hydrogen) atoms. The Bertz CT molecular complexity index is 399. The van der Waals surface area contributed by atoms with Gasteiger partial charge >= 0.3 is 5.69 Å². The van der Waals surface area contributed by atoms with Crippen LogP contribution < -0.4 is 5.69 Å². The lowest BCUT2D eigenvalue weighted by atomic mass is 10.2. The van der Waals surface area contributed by atoms with E-state index in [9.17, 15) is 9.90 Å². The van der Waals surface area contributed by atoms with E-state index in [2.05, 4.69) is 21.0 Å². The average Bonchev–Trinajstić information content (AvgIpc) is 2.57. The first-order valence-corrected chi connectivity index (χ1v) is 6.25. The van der Waals surface area contributed by atoms with Crippen molar-refractivity contribution in [2.45, 2.75) is 38.5 Å². The number of halogens is 1. The topological polar surface area (TPSA) is 60.1 Å². The fourth-order valence-corrected chi connectivity index (χ4v) is 2.02. The Kier molecular flexibility index (Phi) is 3.25. The number of fused-ring (bicyclic) bond motifs is 1. The number of nitrogens with zero attached hydrogens (tertiary/aromatic N) is 3. The molecule has 1 aromatic heterocycles. The van der Waals surface area contributed by atoms with Gasteiger partial charge < -0.3 is 5.11 Å². The molecule has 1 N–H and O–H groups in total. The predicted octanol–water partition coefficient (Wildman–Crippen LogP) is 0.137. The molecule has 0 saturated heterocycles. The van der Waals surface area contributed by atoms with Crippen LogP contribution in [0.4, 0.5) is 0 Å². The van der Waals surface area contributed by atoms with Gasteiger partial charge in [-0.1, -0.05) is 15.9 Å². The van der Waals surface area contributed by atoms with E-state index in [1.807, 2.05) is 0 Å². The summed E-state index contributed by atoms with van der Waals surface area (Å²) in [5.74, 6) is 0.855. The third-order valence-corrected chi connectivity index (χ3v) is 3.34. The molecule has 2 rings (SSSR count). The Morgan fingerprint density at radius 3 is 3.00 bits per heavy atom. The van der Waals surface area contributed by atoms with Gasteiger partial charge in [0.15, 0.2) is 0 Å². The van der Waals surface area contributed by atoms with E-state index in [0.29, 0.717) is 5.33 Å². The van der Waals surface area contributed by atoms with Crippen molar-refractivity contribution in [2.24, 2.45) is 0 Å². The summed E-state index contributed by atoms with van der Waals surface area (Å²) in [6, 6.07) is 0. The van der Waals surface area contributed by atoms with Crippen LogP contribution in [0.3, 0.4) is 0 Å². The summed E-state index contributed by atoms with van der Waals surface area (Å²) >= 11 is 3.17. The maximum Gasteiger partial charge on any atom is 0.346 e. The minimum atomic E-state index is -0.556. The maximum absolute atomic E-state index is 11.8. The van der Waals surface area contributed by atoms with E-state index < -0.39 is 6.10 Å². The highest BCUT2D eigenvalue weighted by Crippen LogP contribution is 2.09. The van der Waals surface area contributed by atoms with Gasteiger partial charge in [0.1, 0.15) is 5.82 Å². The number of hydrogen-bond donors (Lipinski definition) is 1. The molecule has 0 radical (unpaired) electrons. The molecule has 1 aliphatic rings. The smallest absolute Gasteiger partial charge is 0.346 e. The molecule has 1 atom stereocenters. The first kappa shape index (κ1) is 10.9. The number of alkyl halides is 1. The van der Waals surface area contributed by atoms with Gasteiger partial charge in [-0.15, -0.1) is 0 Å². The molecule has 0 saturated carbocycles. The molecule has 2 heterocycles. The van der Waals surface area contributed by atoms with Crippen molar-refractivity contribution in [3.63, 3.8) is 0 Å². The maximum atomic E-state index is 11.8. The van der Waals surface area contributed by atoms with Crippen molar-refractivity contribution >= 4 is 15.9 Å². The first-order valence-electron chi connectivity index (χ1n) is 5.13. The van der Waals surface area contributed by atoms with Crippen LogP contribution in [0.15, 0.2) is 4.79 Å². The van der Waals surface area contributed by atoms with Crippen molar-refractivity contribution in [2.75, 3.05) is 5.33 Å². The van der Waals surface area contributed by atoms with E-state index >= 15 is 0 Å². The number of aliphatic hydroxyl groups is 1. The van der Waals surface area contributed by atoms with Gasteiger partial charge in [-0.2, -0.15) is 5.10 Å². The standard InChI is InChI=1S/C9H14BrN3O2/c10-5-7(14)6-13-9(15)12-4-2-1-3-8(12)11-13/h7,14H,1-6H2. The van der Waals surface area contributed by atoms with Crippen LogP contribution in [-0.2, 0) is 19.5 Å². The molecule has 1 unspecified atom stereocenters. The fraction of sp³-hybridized carbons (Fsp3) is 0.778. The van der Waals surface area contributed by atoms with E-state index in [4.69, 9.17) is 0 Å². The molecule has 5 nitrogen and oxygen atoms in total. The van der Waals surface area contributed by atoms with Gasteiger partial charge in [-0.3, -0.25) is 4.57 Å². The van der Waals surface area contributed by atoms with Gasteiger partial charge in [-0.05, 0) is 12.8 Å². The third kappa shape index (κ3) is 2.15. The second-order valence-electron chi connectivity index (χ2n) is 3.80. The Hall–Kier alpha value is -0.620.